The fraction of sp³-hybridized carbons (Fsp3) is 0.417. The van der Waals surface area contributed by atoms with E-state index in [1.54, 1.807) is 24.1 Å². The zero-order valence-electron chi connectivity index (χ0n) is 18.0. The Morgan fingerprint density at radius 3 is 2.61 bits per heavy atom. The van der Waals surface area contributed by atoms with Crippen LogP contribution in [0.15, 0.2) is 42.5 Å². The summed E-state index contributed by atoms with van der Waals surface area (Å²) >= 11 is 0. The van der Waals surface area contributed by atoms with E-state index in [0.29, 0.717) is 31.0 Å². The van der Waals surface area contributed by atoms with Gasteiger partial charge in [-0.2, -0.15) is 0 Å². The lowest BCUT2D eigenvalue weighted by Gasteiger charge is -2.42. The maximum atomic E-state index is 13.2. The Morgan fingerprint density at radius 2 is 1.94 bits per heavy atom. The Morgan fingerprint density at radius 1 is 1.19 bits per heavy atom. The van der Waals surface area contributed by atoms with Crippen LogP contribution in [0.4, 0.5) is 4.39 Å². The number of piperidine rings is 1. The summed E-state index contributed by atoms with van der Waals surface area (Å²) in [5.74, 6) is 0.383. The molecule has 2 N–H and O–H groups in total. The van der Waals surface area contributed by atoms with E-state index < -0.39 is 11.3 Å². The Balaban J connectivity index is 1.73. The second kappa shape index (κ2) is 9.81. The van der Waals surface area contributed by atoms with Crippen LogP contribution in [0.1, 0.15) is 30.4 Å². The van der Waals surface area contributed by atoms with E-state index in [1.807, 2.05) is 25.1 Å². The number of nitrogens with zero attached hydrogens (tertiary/aromatic N) is 1. The molecule has 166 valence electrons. The van der Waals surface area contributed by atoms with E-state index in [0.717, 1.165) is 17.5 Å². The maximum Gasteiger partial charge on any atom is 0.227 e. The summed E-state index contributed by atoms with van der Waals surface area (Å²) in [6.07, 6.45) is 1.80. The molecule has 1 atom stereocenters. The predicted octanol–water partition coefficient (Wildman–Crippen LogP) is 3.25. The third-order valence-corrected chi connectivity index (χ3v) is 5.70. The highest BCUT2D eigenvalue weighted by molar-refractivity contribution is 5.80. The molecule has 0 radical (unpaired) electrons. The van der Waals surface area contributed by atoms with E-state index in [2.05, 4.69) is 0 Å². The van der Waals surface area contributed by atoms with Crippen molar-refractivity contribution in [3.8, 4) is 11.5 Å². The third-order valence-electron chi connectivity index (χ3n) is 5.70. The van der Waals surface area contributed by atoms with Gasteiger partial charge in [-0.1, -0.05) is 17.7 Å². The molecule has 1 aliphatic heterocycles. The number of ether oxygens (including phenoxy) is 2. The van der Waals surface area contributed by atoms with Crippen LogP contribution in [0, 0.1) is 18.2 Å². The smallest absolute Gasteiger partial charge is 0.227 e. The summed E-state index contributed by atoms with van der Waals surface area (Å²) in [4.78, 5) is 26.7. The molecule has 2 amide bonds. The first-order valence-corrected chi connectivity index (χ1v) is 10.4. The summed E-state index contributed by atoms with van der Waals surface area (Å²) in [5, 5.41) is 0. The maximum absolute atomic E-state index is 13.2. The van der Waals surface area contributed by atoms with E-state index in [9.17, 15) is 14.0 Å². The van der Waals surface area contributed by atoms with Gasteiger partial charge in [0.05, 0.1) is 20.1 Å². The number of rotatable bonds is 8. The fourth-order valence-electron chi connectivity index (χ4n) is 4.19. The number of carbonyl (C=O) groups is 2. The number of hydrogen-bond donors (Lipinski definition) is 1. The minimum Gasteiger partial charge on any atom is -0.496 e. The Labute approximate surface area is 182 Å². The van der Waals surface area contributed by atoms with E-state index in [4.69, 9.17) is 15.2 Å². The van der Waals surface area contributed by atoms with Gasteiger partial charge in [0.15, 0.2) is 0 Å². The highest BCUT2D eigenvalue weighted by Crippen LogP contribution is 2.35. The van der Waals surface area contributed by atoms with Crippen molar-refractivity contribution in [2.75, 3.05) is 26.8 Å². The number of primary amides is 1. The molecule has 0 spiro atoms. The average molecular weight is 429 g/mol. The standard InChI is InChI=1S/C24H29FN2O4/c1-17-4-9-21(30-2)18(12-17)13-23(29)27-11-3-10-24(15-27,14-22(26)28)16-31-20-7-5-19(25)6-8-20/h4-9,12H,3,10-11,13-16H2,1-2H3,(H2,26,28)/t24-/m1/s1. The van der Waals surface area contributed by atoms with Crippen LogP contribution in [0.25, 0.3) is 0 Å². The van der Waals surface area contributed by atoms with Crippen LogP contribution >= 0.6 is 0 Å². The van der Waals surface area contributed by atoms with Crippen molar-refractivity contribution in [1.82, 2.24) is 4.90 Å². The number of nitrogens with two attached hydrogens (primary N) is 1. The van der Waals surface area contributed by atoms with Gasteiger partial charge < -0.3 is 20.1 Å². The van der Waals surface area contributed by atoms with Crippen LogP contribution < -0.4 is 15.2 Å². The van der Waals surface area contributed by atoms with Crippen molar-refractivity contribution >= 4 is 11.8 Å². The largest absolute Gasteiger partial charge is 0.496 e. The van der Waals surface area contributed by atoms with Crippen molar-refractivity contribution in [2.24, 2.45) is 11.1 Å². The molecule has 1 saturated heterocycles. The zero-order valence-corrected chi connectivity index (χ0v) is 18.0. The van der Waals surface area contributed by atoms with Gasteiger partial charge in [0.2, 0.25) is 11.8 Å². The molecule has 0 aromatic heterocycles. The van der Waals surface area contributed by atoms with Crippen LogP contribution in [-0.4, -0.2) is 43.5 Å². The quantitative estimate of drug-likeness (QED) is 0.700. The monoisotopic (exact) mass is 428 g/mol. The molecule has 1 fully saturated rings. The van der Waals surface area contributed by atoms with Crippen LogP contribution in [0.3, 0.4) is 0 Å². The van der Waals surface area contributed by atoms with Crippen molar-refractivity contribution in [3.63, 3.8) is 0 Å². The second-order valence-electron chi connectivity index (χ2n) is 8.30. The van der Waals surface area contributed by atoms with E-state index >= 15 is 0 Å². The molecule has 0 aliphatic carbocycles. The number of aryl methyl sites for hydroxylation is 1. The molecule has 6 nitrogen and oxygen atoms in total. The topological polar surface area (TPSA) is 81.9 Å². The van der Waals surface area contributed by atoms with Gasteiger partial charge in [-0.05, 0) is 50.1 Å². The predicted molar refractivity (Wildman–Crippen MR) is 115 cm³/mol. The van der Waals surface area contributed by atoms with Crippen molar-refractivity contribution in [1.29, 1.82) is 0 Å². The first-order valence-electron chi connectivity index (χ1n) is 10.4. The summed E-state index contributed by atoms with van der Waals surface area (Å²) in [6.45, 7) is 3.19. The number of methoxy groups -OCH3 is 1. The summed E-state index contributed by atoms with van der Waals surface area (Å²) < 4.78 is 24.4. The number of carbonyl (C=O) groups excluding carboxylic acids is 2. The second-order valence-corrected chi connectivity index (χ2v) is 8.30. The van der Waals surface area contributed by atoms with Gasteiger partial charge in [0.1, 0.15) is 17.3 Å². The first kappa shape index (κ1) is 22.6. The van der Waals surface area contributed by atoms with Gasteiger partial charge in [0, 0.05) is 30.5 Å². The Kier molecular flexibility index (Phi) is 7.15. The minimum absolute atomic E-state index is 0.0285. The third kappa shape index (κ3) is 5.96. The molecular weight excluding hydrogens is 399 g/mol. The summed E-state index contributed by atoms with van der Waals surface area (Å²) in [6, 6.07) is 11.5. The average Bonchev–Trinajstić information content (AvgIpc) is 2.73. The number of benzene rings is 2. The first-order chi connectivity index (χ1) is 14.8. The summed E-state index contributed by atoms with van der Waals surface area (Å²) in [5.41, 5.74) is 6.84. The molecule has 2 aromatic rings. The molecule has 1 heterocycles. The molecule has 3 rings (SSSR count). The number of amides is 2. The van der Waals surface area contributed by atoms with Gasteiger partial charge in [-0.15, -0.1) is 0 Å². The summed E-state index contributed by atoms with van der Waals surface area (Å²) in [7, 11) is 1.59. The molecule has 7 heteroatoms. The molecule has 0 saturated carbocycles. The fourth-order valence-corrected chi connectivity index (χ4v) is 4.19. The number of hydrogen-bond acceptors (Lipinski definition) is 4. The number of likely N-dealkylation sites (tertiary alicyclic amines) is 1. The van der Waals surface area contributed by atoms with Gasteiger partial charge in [-0.3, -0.25) is 9.59 Å². The molecule has 1 aliphatic rings. The molecule has 0 bridgehead atoms. The van der Waals surface area contributed by atoms with Gasteiger partial charge in [-0.25, -0.2) is 4.39 Å². The van der Waals surface area contributed by atoms with Crippen LogP contribution in [0.5, 0.6) is 11.5 Å². The van der Waals surface area contributed by atoms with Gasteiger partial charge in [0.25, 0.3) is 0 Å². The SMILES string of the molecule is COc1ccc(C)cc1CC(=O)N1CCC[C@@](COc2ccc(F)cc2)(CC(N)=O)C1. The lowest BCUT2D eigenvalue weighted by molar-refractivity contribution is -0.136. The molecule has 0 unspecified atom stereocenters. The van der Waals surface area contributed by atoms with Gasteiger partial charge >= 0.3 is 0 Å². The van der Waals surface area contributed by atoms with Crippen molar-refractivity contribution < 1.29 is 23.5 Å². The Hall–Kier alpha value is -3.09. The molecule has 31 heavy (non-hydrogen) atoms. The lowest BCUT2D eigenvalue weighted by atomic mass is 9.77. The number of halogens is 1. The van der Waals surface area contributed by atoms with Crippen LogP contribution in [0.2, 0.25) is 0 Å². The normalized spacial score (nSPS) is 18.5. The Bertz CT molecular complexity index is 932. The highest BCUT2D eigenvalue weighted by atomic mass is 19.1. The lowest BCUT2D eigenvalue weighted by Crippen LogP contribution is -2.50. The highest BCUT2D eigenvalue weighted by Gasteiger charge is 2.39. The molecule has 2 aromatic carbocycles. The van der Waals surface area contributed by atoms with Crippen molar-refractivity contribution in [2.45, 2.75) is 32.6 Å². The van der Waals surface area contributed by atoms with Crippen LogP contribution in [-0.2, 0) is 16.0 Å². The van der Waals surface area contributed by atoms with E-state index in [-0.39, 0.29) is 31.2 Å². The minimum atomic E-state index is -0.579. The van der Waals surface area contributed by atoms with E-state index in [1.165, 1.54) is 12.1 Å². The van der Waals surface area contributed by atoms with Crippen molar-refractivity contribution in [3.05, 3.63) is 59.4 Å². The zero-order chi connectivity index (χ0) is 22.4. The molecular formula is C24H29FN2O4.